The predicted molar refractivity (Wildman–Crippen MR) is 125 cm³/mol. The first-order chi connectivity index (χ1) is 14.6. The van der Waals surface area contributed by atoms with Gasteiger partial charge in [0.25, 0.3) is 5.56 Å². The lowest BCUT2D eigenvalue weighted by Gasteiger charge is -2.26. The van der Waals surface area contributed by atoms with Crippen molar-refractivity contribution >= 4 is 39.2 Å². The van der Waals surface area contributed by atoms with E-state index < -0.39 is 0 Å². The van der Waals surface area contributed by atoms with E-state index in [-0.39, 0.29) is 11.5 Å². The number of nitrogens with zero attached hydrogens (tertiary/aromatic N) is 3. The number of benzene rings is 1. The molecule has 4 rings (SSSR count). The number of hydrogen-bond donors (Lipinski definition) is 0. The summed E-state index contributed by atoms with van der Waals surface area (Å²) >= 11 is 2.82. The molecule has 2 aromatic heterocycles. The van der Waals surface area contributed by atoms with E-state index >= 15 is 0 Å². The number of allylic oxidation sites excluding steroid dienone is 1. The van der Waals surface area contributed by atoms with Crippen molar-refractivity contribution in [2.75, 3.05) is 18.8 Å². The molecule has 0 spiro atoms. The fourth-order valence-electron chi connectivity index (χ4n) is 3.71. The highest BCUT2D eigenvalue weighted by Crippen LogP contribution is 2.32. The zero-order chi connectivity index (χ0) is 21.1. The fraction of sp³-hybridized carbons (Fsp3) is 0.348. The molecule has 156 valence electrons. The minimum Gasteiger partial charge on any atom is -0.342 e. The van der Waals surface area contributed by atoms with Crippen LogP contribution in [0.3, 0.4) is 0 Å². The fourth-order valence-corrected chi connectivity index (χ4v) is 5.61. The molecule has 1 aromatic carbocycles. The molecule has 0 N–H and O–H groups in total. The average Bonchev–Trinajstić information content (AvgIpc) is 3.19. The Labute approximate surface area is 184 Å². The van der Waals surface area contributed by atoms with Crippen LogP contribution in [0.2, 0.25) is 0 Å². The van der Waals surface area contributed by atoms with Gasteiger partial charge in [0.1, 0.15) is 4.83 Å². The number of fused-ring (bicyclic) bond motifs is 1. The lowest BCUT2D eigenvalue weighted by atomic mass is 10.1. The molecule has 1 fully saturated rings. The molecule has 1 aliphatic rings. The maximum atomic E-state index is 13.4. The van der Waals surface area contributed by atoms with Gasteiger partial charge in [-0.2, -0.15) is 0 Å². The van der Waals surface area contributed by atoms with Crippen LogP contribution in [-0.2, 0) is 11.3 Å². The molecule has 5 nitrogen and oxygen atoms in total. The minimum absolute atomic E-state index is 0.0790. The molecule has 0 unspecified atom stereocenters. The second-order valence-electron chi connectivity index (χ2n) is 7.52. The van der Waals surface area contributed by atoms with E-state index in [4.69, 9.17) is 4.98 Å². The molecule has 1 amide bonds. The zero-order valence-corrected chi connectivity index (χ0v) is 18.7. The van der Waals surface area contributed by atoms with Crippen molar-refractivity contribution in [1.29, 1.82) is 0 Å². The van der Waals surface area contributed by atoms with E-state index in [1.807, 2.05) is 41.5 Å². The molecule has 0 radical (unpaired) electrons. The highest BCUT2D eigenvalue weighted by molar-refractivity contribution is 7.99. The normalized spacial score (nSPS) is 14.2. The van der Waals surface area contributed by atoms with Crippen molar-refractivity contribution < 1.29 is 4.79 Å². The third-order valence-corrected chi connectivity index (χ3v) is 7.20. The van der Waals surface area contributed by atoms with Crippen molar-refractivity contribution in [2.24, 2.45) is 0 Å². The van der Waals surface area contributed by atoms with Gasteiger partial charge in [0.05, 0.1) is 11.1 Å². The Morgan fingerprint density at radius 1 is 1.23 bits per heavy atom. The van der Waals surface area contributed by atoms with Gasteiger partial charge < -0.3 is 4.90 Å². The molecule has 0 saturated carbocycles. The zero-order valence-electron chi connectivity index (χ0n) is 17.1. The topological polar surface area (TPSA) is 55.2 Å². The number of aromatic nitrogens is 2. The van der Waals surface area contributed by atoms with E-state index in [2.05, 4.69) is 6.58 Å². The van der Waals surface area contributed by atoms with Crippen molar-refractivity contribution in [2.45, 2.75) is 37.9 Å². The summed E-state index contributed by atoms with van der Waals surface area (Å²) in [5.41, 5.74) is 3.02. The van der Waals surface area contributed by atoms with Crippen LogP contribution in [0, 0.1) is 6.92 Å². The summed E-state index contributed by atoms with van der Waals surface area (Å²) in [5, 5.41) is 3.21. The van der Waals surface area contributed by atoms with Gasteiger partial charge in [0.15, 0.2) is 5.16 Å². The second kappa shape index (κ2) is 9.18. The lowest BCUT2D eigenvalue weighted by Crippen LogP contribution is -2.37. The molecule has 30 heavy (non-hydrogen) atoms. The molecule has 3 aromatic rings. The molecular weight excluding hydrogens is 414 g/mol. The van der Waals surface area contributed by atoms with Crippen LogP contribution < -0.4 is 5.56 Å². The SMILES string of the molecule is C=CCn1c(SCC(=O)N2CCCCC2)nc2scc(-c3ccc(C)cc3)c2c1=O. The summed E-state index contributed by atoms with van der Waals surface area (Å²) in [6, 6.07) is 8.16. The lowest BCUT2D eigenvalue weighted by molar-refractivity contribution is -0.129. The number of carbonyl (C=O) groups is 1. The first kappa shape index (κ1) is 20.9. The van der Waals surface area contributed by atoms with Crippen LogP contribution in [0.5, 0.6) is 0 Å². The van der Waals surface area contributed by atoms with Crippen LogP contribution in [0.15, 0.2) is 52.3 Å². The summed E-state index contributed by atoms with van der Waals surface area (Å²) < 4.78 is 1.63. The molecule has 1 saturated heterocycles. The van der Waals surface area contributed by atoms with Crippen LogP contribution in [0.1, 0.15) is 24.8 Å². The van der Waals surface area contributed by atoms with E-state index in [1.165, 1.54) is 35.1 Å². The molecule has 0 aliphatic carbocycles. The van der Waals surface area contributed by atoms with Gasteiger partial charge in [-0.3, -0.25) is 14.2 Å². The van der Waals surface area contributed by atoms with E-state index in [9.17, 15) is 9.59 Å². The quantitative estimate of drug-likeness (QED) is 0.317. The minimum atomic E-state index is -0.0790. The van der Waals surface area contributed by atoms with Gasteiger partial charge in [0.2, 0.25) is 5.91 Å². The second-order valence-corrected chi connectivity index (χ2v) is 9.33. The van der Waals surface area contributed by atoms with Gasteiger partial charge in [-0.05, 0) is 31.7 Å². The molecule has 1 aliphatic heterocycles. The molecule has 0 atom stereocenters. The van der Waals surface area contributed by atoms with E-state index in [0.717, 1.165) is 37.1 Å². The van der Waals surface area contributed by atoms with E-state index in [0.29, 0.717) is 27.7 Å². The molecular formula is C23H25N3O2S2. The smallest absolute Gasteiger partial charge is 0.263 e. The van der Waals surface area contributed by atoms with Crippen molar-refractivity contribution in [1.82, 2.24) is 14.5 Å². The van der Waals surface area contributed by atoms with Gasteiger partial charge in [-0.25, -0.2) is 4.98 Å². The Kier molecular flexibility index (Phi) is 6.39. The Bertz CT molecular complexity index is 1130. The number of carbonyl (C=O) groups excluding carboxylic acids is 1. The molecule has 3 heterocycles. The van der Waals surface area contributed by atoms with Crippen LogP contribution in [0.25, 0.3) is 21.3 Å². The third kappa shape index (κ3) is 4.23. The first-order valence-corrected chi connectivity index (χ1v) is 12.1. The summed E-state index contributed by atoms with van der Waals surface area (Å²) in [6.45, 7) is 7.87. The Hall–Kier alpha value is -2.38. The Balaban J connectivity index is 1.67. The maximum Gasteiger partial charge on any atom is 0.263 e. The van der Waals surface area contributed by atoms with Crippen molar-refractivity contribution in [3.8, 4) is 11.1 Å². The van der Waals surface area contributed by atoms with Crippen LogP contribution >= 0.6 is 23.1 Å². The average molecular weight is 440 g/mol. The summed E-state index contributed by atoms with van der Waals surface area (Å²) in [6.07, 6.45) is 5.02. The molecule has 7 heteroatoms. The first-order valence-electron chi connectivity index (χ1n) is 10.2. The number of rotatable bonds is 6. The van der Waals surface area contributed by atoms with Crippen LogP contribution in [0.4, 0.5) is 0 Å². The van der Waals surface area contributed by atoms with Crippen molar-refractivity contribution in [3.05, 3.63) is 58.2 Å². The Morgan fingerprint density at radius 3 is 2.67 bits per heavy atom. The van der Waals surface area contributed by atoms with Gasteiger partial charge >= 0.3 is 0 Å². The van der Waals surface area contributed by atoms with Gasteiger partial charge in [0, 0.05) is 30.6 Å². The largest absolute Gasteiger partial charge is 0.342 e. The number of likely N-dealkylation sites (tertiary alicyclic amines) is 1. The monoisotopic (exact) mass is 439 g/mol. The maximum absolute atomic E-state index is 13.4. The molecule has 0 bridgehead atoms. The third-order valence-electron chi connectivity index (χ3n) is 5.37. The summed E-state index contributed by atoms with van der Waals surface area (Å²) in [7, 11) is 0. The van der Waals surface area contributed by atoms with Gasteiger partial charge in [-0.1, -0.05) is 47.7 Å². The van der Waals surface area contributed by atoms with Crippen molar-refractivity contribution in [3.63, 3.8) is 0 Å². The summed E-state index contributed by atoms with van der Waals surface area (Å²) in [5.74, 6) is 0.413. The standard InChI is InChI=1S/C23H25N3O2S2/c1-3-11-26-22(28)20-18(17-9-7-16(2)8-10-17)14-29-21(20)24-23(26)30-15-19(27)25-12-5-4-6-13-25/h3,7-10,14H,1,4-6,11-13,15H2,2H3. The highest BCUT2D eigenvalue weighted by atomic mass is 32.2. The number of hydrogen-bond acceptors (Lipinski definition) is 5. The number of aryl methyl sites for hydroxylation is 1. The van der Waals surface area contributed by atoms with Crippen LogP contribution in [-0.4, -0.2) is 39.2 Å². The predicted octanol–water partition coefficient (Wildman–Crippen LogP) is 4.72. The van der Waals surface area contributed by atoms with Gasteiger partial charge in [-0.15, -0.1) is 17.9 Å². The number of piperidine rings is 1. The van der Waals surface area contributed by atoms with E-state index in [1.54, 1.807) is 10.6 Å². The number of thiophene rings is 1. The number of amides is 1. The Morgan fingerprint density at radius 2 is 1.97 bits per heavy atom. The number of thioether (sulfide) groups is 1. The summed E-state index contributed by atoms with van der Waals surface area (Å²) in [4.78, 5) is 33.4. The highest BCUT2D eigenvalue weighted by Gasteiger charge is 2.20.